The molecule has 0 saturated heterocycles. The minimum atomic E-state index is -1.30. The number of hydrogen-bond donors (Lipinski definition) is 1. The summed E-state index contributed by atoms with van der Waals surface area (Å²) in [6, 6.07) is 14.0. The molecular formula is C15H11NO3S2. The summed E-state index contributed by atoms with van der Waals surface area (Å²) in [7, 11) is -1.30. The largest absolute Gasteiger partial charge is 0.478 e. The van der Waals surface area contributed by atoms with Crippen molar-refractivity contribution < 1.29 is 14.1 Å². The van der Waals surface area contributed by atoms with Gasteiger partial charge in [0.15, 0.2) is 0 Å². The van der Waals surface area contributed by atoms with Crippen LogP contribution in [0, 0.1) is 0 Å². The first-order valence-corrected chi connectivity index (χ1v) is 8.33. The van der Waals surface area contributed by atoms with Crippen LogP contribution >= 0.6 is 11.3 Å². The molecule has 1 atom stereocenters. The smallest absolute Gasteiger partial charge is 0.335 e. The lowest BCUT2D eigenvalue weighted by Gasteiger charge is -2.01. The number of nitrogens with zero attached hydrogens (tertiary/aromatic N) is 1. The van der Waals surface area contributed by atoms with Crippen LogP contribution < -0.4 is 0 Å². The second-order valence-corrected chi connectivity index (χ2v) is 6.96. The lowest BCUT2D eigenvalue weighted by molar-refractivity contribution is 0.0696. The maximum Gasteiger partial charge on any atom is 0.335 e. The molecule has 0 spiro atoms. The van der Waals surface area contributed by atoms with Gasteiger partial charge in [-0.05, 0) is 30.3 Å². The van der Waals surface area contributed by atoms with Crippen molar-refractivity contribution in [2.24, 2.45) is 0 Å². The van der Waals surface area contributed by atoms with E-state index in [4.69, 9.17) is 5.11 Å². The van der Waals surface area contributed by atoms with Gasteiger partial charge in [-0.2, -0.15) is 0 Å². The molecule has 6 heteroatoms. The van der Waals surface area contributed by atoms with Gasteiger partial charge in [-0.15, -0.1) is 11.3 Å². The Morgan fingerprint density at radius 3 is 2.76 bits per heavy atom. The molecule has 0 bridgehead atoms. The number of aromatic nitrogens is 1. The standard InChI is InChI=1S/C15H11NO3S2/c17-15(18)10-4-3-5-11(8-10)21(19)9-14-16-12-6-1-2-7-13(12)20-14/h1-8H,9H2,(H,17,18). The van der Waals surface area contributed by atoms with Crippen LogP contribution in [0.5, 0.6) is 0 Å². The topological polar surface area (TPSA) is 67.3 Å². The Hall–Kier alpha value is -2.05. The fourth-order valence-corrected chi connectivity index (χ4v) is 4.21. The van der Waals surface area contributed by atoms with Crippen LogP contribution in [0.1, 0.15) is 15.4 Å². The molecular weight excluding hydrogens is 306 g/mol. The van der Waals surface area contributed by atoms with Crippen molar-refractivity contribution in [1.82, 2.24) is 4.98 Å². The first kappa shape index (κ1) is 13.9. The van der Waals surface area contributed by atoms with E-state index < -0.39 is 16.8 Å². The van der Waals surface area contributed by atoms with E-state index in [0.717, 1.165) is 15.2 Å². The Kier molecular flexibility index (Phi) is 3.81. The number of aromatic carboxylic acids is 1. The average molecular weight is 317 g/mol. The molecule has 4 nitrogen and oxygen atoms in total. The zero-order chi connectivity index (χ0) is 14.8. The van der Waals surface area contributed by atoms with E-state index >= 15 is 0 Å². The van der Waals surface area contributed by atoms with Crippen LogP contribution in [0.25, 0.3) is 10.2 Å². The lowest BCUT2D eigenvalue weighted by atomic mass is 10.2. The molecule has 1 aromatic heterocycles. The number of thiazole rings is 1. The lowest BCUT2D eigenvalue weighted by Crippen LogP contribution is -2.00. The molecule has 21 heavy (non-hydrogen) atoms. The van der Waals surface area contributed by atoms with Crippen molar-refractivity contribution >= 4 is 38.3 Å². The molecule has 0 amide bonds. The number of rotatable bonds is 4. The Morgan fingerprint density at radius 2 is 2.00 bits per heavy atom. The van der Waals surface area contributed by atoms with Gasteiger partial charge < -0.3 is 5.11 Å². The first-order valence-electron chi connectivity index (χ1n) is 6.19. The highest BCUT2D eigenvalue weighted by atomic mass is 32.2. The summed E-state index contributed by atoms with van der Waals surface area (Å²) < 4.78 is 13.4. The van der Waals surface area contributed by atoms with Gasteiger partial charge in [-0.25, -0.2) is 9.78 Å². The third-order valence-electron chi connectivity index (χ3n) is 2.94. The van der Waals surface area contributed by atoms with Gasteiger partial charge >= 0.3 is 5.97 Å². The number of hydrogen-bond acceptors (Lipinski definition) is 4. The molecule has 0 aliphatic heterocycles. The maximum atomic E-state index is 12.4. The van der Waals surface area contributed by atoms with E-state index in [0.29, 0.717) is 10.6 Å². The van der Waals surface area contributed by atoms with Crippen LogP contribution in [0.4, 0.5) is 0 Å². The maximum absolute atomic E-state index is 12.4. The molecule has 2 aromatic carbocycles. The molecule has 106 valence electrons. The Morgan fingerprint density at radius 1 is 1.19 bits per heavy atom. The minimum absolute atomic E-state index is 0.144. The summed E-state index contributed by atoms with van der Waals surface area (Å²) in [5.74, 6) is -0.726. The Bertz CT molecular complexity index is 809. The molecule has 1 N–H and O–H groups in total. The normalized spacial score (nSPS) is 12.4. The Labute approximate surface area is 127 Å². The molecule has 3 rings (SSSR count). The Balaban J connectivity index is 1.85. The van der Waals surface area contributed by atoms with Gasteiger partial charge in [-0.1, -0.05) is 18.2 Å². The predicted molar refractivity (Wildman–Crippen MR) is 83.1 cm³/mol. The van der Waals surface area contributed by atoms with Crippen molar-refractivity contribution in [3.8, 4) is 0 Å². The van der Waals surface area contributed by atoms with Gasteiger partial charge in [-0.3, -0.25) is 4.21 Å². The van der Waals surface area contributed by atoms with E-state index in [1.54, 1.807) is 12.1 Å². The van der Waals surface area contributed by atoms with Gasteiger partial charge in [0, 0.05) is 4.90 Å². The number of benzene rings is 2. The average Bonchev–Trinajstić information content (AvgIpc) is 2.89. The van der Waals surface area contributed by atoms with Crippen molar-refractivity contribution in [3.05, 3.63) is 59.1 Å². The summed E-state index contributed by atoms with van der Waals surface area (Å²) in [5, 5.41) is 9.75. The first-order chi connectivity index (χ1) is 10.1. The fraction of sp³-hybridized carbons (Fsp3) is 0.0667. The number of fused-ring (bicyclic) bond motifs is 1. The van der Waals surface area contributed by atoms with Crippen molar-refractivity contribution in [2.75, 3.05) is 0 Å². The van der Waals surface area contributed by atoms with Gasteiger partial charge in [0.2, 0.25) is 0 Å². The van der Waals surface area contributed by atoms with Gasteiger partial charge in [0.05, 0.1) is 32.3 Å². The fourth-order valence-electron chi connectivity index (χ4n) is 1.95. The SMILES string of the molecule is O=C(O)c1cccc(S(=O)Cc2nc3ccccc3s2)c1. The summed E-state index contributed by atoms with van der Waals surface area (Å²) in [5.41, 5.74) is 1.04. The zero-order valence-corrected chi connectivity index (χ0v) is 12.5. The number of carboxylic acids is 1. The summed E-state index contributed by atoms with van der Waals surface area (Å²) in [6.07, 6.45) is 0. The number of para-hydroxylation sites is 1. The second kappa shape index (κ2) is 5.75. The number of carbonyl (C=O) groups is 1. The van der Waals surface area contributed by atoms with Crippen molar-refractivity contribution in [1.29, 1.82) is 0 Å². The van der Waals surface area contributed by atoms with Crippen molar-refractivity contribution in [2.45, 2.75) is 10.6 Å². The molecule has 3 aromatic rings. The van der Waals surface area contributed by atoms with Gasteiger partial charge in [0.1, 0.15) is 5.01 Å². The number of carboxylic acid groups (broad SMARTS) is 1. The zero-order valence-electron chi connectivity index (χ0n) is 10.9. The molecule has 1 unspecified atom stereocenters. The summed E-state index contributed by atoms with van der Waals surface area (Å²) in [6.45, 7) is 0. The van der Waals surface area contributed by atoms with Crippen LogP contribution in [0.15, 0.2) is 53.4 Å². The second-order valence-electron chi connectivity index (χ2n) is 4.40. The monoisotopic (exact) mass is 317 g/mol. The summed E-state index contributed by atoms with van der Waals surface area (Å²) >= 11 is 1.51. The molecule has 0 radical (unpaired) electrons. The molecule has 0 fully saturated rings. The summed E-state index contributed by atoms with van der Waals surface area (Å²) in [4.78, 5) is 15.9. The minimum Gasteiger partial charge on any atom is -0.478 e. The molecule has 1 heterocycles. The van der Waals surface area contributed by atoms with Crippen molar-refractivity contribution in [3.63, 3.8) is 0 Å². The van der Waals surface area contributed by atoms with E-state index in [-0.39, 0.29) is 5.56 Å². The van der Waals surface area contributed by atoms with Crippen LogP contribution in [-0.2, 0) is 16.6 Å². The van der Waals surface area contributed by atoms with E-state index in [1.165, 1.54) is 23.5 Å². The molecule has 0 aliphatic carbocycles. The van der Waals surface area contributed by atoms with E-state index in [2.05, 4.69) is 4.98 Å². The van der Waals surface area contributed by atoms with E-state index in [9.17, 15) is 9.00 Å². The molecule has 0 saturated carbocycles. The third-order valence-corrected chi connectivity index (χ3v) is 5.47. The van der Waals surface area contributed by atoms with Gasteiger partial charge in [0.25, 0.3) is 0 Å². The molecule has 0 aliphatic rings. The van der Waals surface area contributed by atoms with Crippen LogP contribution in [0.2, 0.25) is 0 Å². The predicted octanol–water partition coefficient (Wildman–Crippen LogP) is 3.30. The van der Waals surface area contributed by atoms with Crippen LogP contribution in [-0.4, -0.2) is 20.3 Å². The highest BCUT2D eigenvalue weighted by Crippen LogP contribution is 2.24. The van der Waals surface area contributed by atoms with Crippen LogP contribution in [0.3, 0.4) is 0 Å². The highest BCUT2D eigenvalue weighted by molar-refractivity contribution is 7.84. The quantitative estimate of drug-likeness (QED) is 0.801. The third kappa shape index (κ3) is 3.01. The highest BCUT2D eigenvalue weighted by Gasteiger charge is 2.11. The van der Waals surface area contributed by atoms with E-state index in [1.807, 2.05) is 24.3 Å².